The minimum atomic E-state index is -3.36. The fourth-order valence-corrected chi connectivity index (χ4v) is 5.03. The van der Waals surface area contributed by atoms with Gasteiger partial charge in [-0.05, 0) is 30.4 Å². The lowest BCUT2D eigenvalue weighted by Crippen LogP contribution is -2.32. The van der Waals surface area contributed by atoms with E-state index in [-0.39, 0.29) is 17.8 Å². The zero-order valence-corrected chi connectivity index (χ0v) is 12.1. The van der Waals surface area contributed by atoms with E-state index < -0.39 is 10.0 Å². The molecule has 1 aliphatic heterocycles. The number of nitrogens with two attached hydrogens (primary N) is 1. The van der Waals surface area contributed by atoms with Crippen molar-refractivity contribution in [1.82, 2.24) is 4.31 Å². The first-order valence-electron chi connectivity index (χ1n) is 6.96. The molecule has 3 N–H and O–H groups in total. The number of para-hydroxylation sites is 1. The number of nitrogens with zero attached hydrogens (tertiary/aromatic N) is 1. The van der Waals surface area contributed by atoms with Gasteiger partial charge in [-0.15, -0.1) is 0 Å². The van der Waals surface area contributed by atoms with E-state index >= 15 is 0 Å². The summed E-state index contributed by atoms with van der Waals surface area (Å²) >= 11 is 0. The van der Waals surface area contributed by atoms with Crippen LogP contribution in [0.1, 0.15) is 18.4 Å². The average Bonchev–Trinajstić information content (AvgIpc) is 2.95. The summed E-state index contributed by atoms with van der Waals surface area (Å²) in [6.07, 6.45) is 1.38. The van der Waals surface area contributed by atoms with Crippen molar-refractivity contribution in [2.24, 2.45) is 11.8 Å². The number of aliphatic hydroxyl groups is 1. The number of hydrogen-bond donors (Lipinski definition) is 2. The first kappa shape index (κ1) is 13.9. The van der Waals surface area contributed by atoms with E-state index in [1.165, 1.54) is 4.31 Å². The van der Waals surface area contributed by atoms with Crippen molar-refractivity contribution in [2.75, 3.05) is 18.8 Å². The Morgan fingerprint density at radius 2 is 2.00 bits per heavy atom. The number of nitrogen functional groups attached to an aromatic ring is 1. The molecule has 2 aliphatic rings. The molecule has 1 aromatic rings. The van der Waals surface area contributed by atoms with Gasteiger partial charge in [-0.25, -0.2) is 12.7 Å². The van der Waals surface area contributed by atoms with E-state index in [0.717, 1.165) is 12.8 Å². The van der Waals surface area contributed by atoms with Crippen molar-refractivity contribution in [3.63, 3.8) is 0 Å². The van der Waals surface area contributed by atoms with Gasteiger partial charge in [-0.3, -0.25) is 0 Å². The Kier molecular flexibility index (Phi) is 3.48. The van der Waals surface area contributed by atoms with Crippen LogP contribution in [-0.4, -0.2) is 37.0 Å². The Morgan fingerprint density at radius 1 is 1.25 bits per heavy atom. The van der Waals surface area contributed by atoms with E-state index in [2.05, 4.69) is 0 Å². The predicted octanol–water partition coefficient (Wildman–Crippen LogP) is 0.801. The SMILES string of the molecule is Nc1ccccc1CS(=O)(=O)N1CC2CCC(O)C2C1. The van der Waals surface area contributed by atoms with Crippen LogP contribution < -0.4 is 5.73 Å². The molecule has 1 aromatic carbocycles. The second kappa shape index (κ2) is 5.02. The van der Waals surface area contributed by atoms with Crippen LogP contribution in [0.2, 0.25) is 0 Å². The Bertz CT molecular complexity index is 602. The Labute approximate surface area is 119 Å². The van der Waals surface area contributed by atoms with Gasteiger partial charge in [0.15, 0.2) is 0 Å². The lowest BCUT2D eigenvalue weighted by Gasteiger charge is -2.18. The third-order valence-corrected chi connectivity index (χ3v) is 6.33. The van der Waals surface area contributed by atoms with Crippen LogP contribution >= 0.6 is 0 Å². The average molecular weight is 296 g/mol. The molecule has 2 fully saturated rings. The fraction of sp³-hybridized carbons (Fsp3) is 0.571. The van der Waals surface area contributed by atoms with Gasteiger partial charge in [0, 0.05) is 24.7 Å². The van der Waals surface area contributed by atoms with Gasteiger partial charge < -0.3 is 10.8 Å². The molecule has 20 heavy (non-hydrogen) atoms. The number of benzene rings is 1. The molecule has 0 aromatic heterocycles. The standard InChI is InChI=1S/C14H20N2O3S/c15-13-4-2-1-3-11(13)9-20(18,19)16-7-10-5-6-14(17)12(10)8-16/h1-4,10,12,14,17H,5-9,15H2. The lowest BCUT2D eigenvalue weighted by atomic mass is 10.00. The summed E-state index contributed by atoms with van der Waals surface area (Å²) < 4.78 is 26.5. The summed E-state index contributed by atoms with van der Waals surface area (Å²) in [7, 11) is -3.36. The maximum atomic E-state index is 12.5. The third kappa shape index (κ3) is 2.43. The van der Waals surface area contributed by atoms with Crippen molar-refractivity contribution in [3.8, 4) is 0 Å². The van der Waals surface area contributed by atoms with E-state index in [0.29, 0.717) is 30.3 Å². The van der Waals surface area contributed by atoms with Gasteiger partial charge in [0.2, 0.25) is 10.0 Å². The minimum Gasteiger partial charge on any atom is -0.398 e. The van der Waals surface area contributed by atoms with Gasteiger partial charge in [0.1, 0.15) is 0 Å². The number of hydrogen-bond acceptors (Lipinski definition) is 4. The molecule has 0 bridgehead atoms. The summed E-state index contributed by atoms with van der Waals surface area (Å²) in [4.78, 5) is 0. The molecule has 1 heterocycles. The molecule has 0 amide bonds. The van der Waals surface area contributed by atoms with Gasteiger partial charge in [0.25, 0.3) is 0 Å². The predicted molar refractivity (Wildman–Crippen MR) is 77.3 cm³/mol. The molecule has 3 unspecified atom stereocenters. The largest absolute Gasteiger partial charge is 0.398 e. The highest BCUT2D eigenvalue weighted by molar-refractivity contribution is 7.88. The first-order chi connectivity index (χ1) is 9.47. The molecular formula is C14H20N2O3S. The molecule has 3 atom stereocenters. The van der Waals surface area contributed by atoms with E-state index in [9.17, 15) is 13.5 Å². The normalized spacial score (nSPS) is 30.6. The number of anilines is 1. The smallest absolute Gasteiger partial charge is 0.218 e. The zero-order valence-electron chi connectivity index (χ0n) is 11.3. The summed E-state index contributed by atoms with van der Waals surface area (Å²) in [6.45, 7) is 0.984. The fourth-order valence-electron chi connectivity index (χ4n) is 3.38. The van der Waals surface area contributed by atoms with Crippen LogP contribution in [0.25, 0.3) is 0 Å². The molecule has 5 nitrogen and oxygen atoms in total. The van der Waals surface area contributed by atoms with Gasteiger partial charge in [-0.2, -0.15) is 0 Å². The monoisotopic (exact) mass is 296 g/mol. The van der Waals surface area contributed by atoms with Crippen LogP contribution in [0.15, 0.2) is 24.3 Å². The summed E-state index contributed by atoms with van der Waals surface area (Å²) in [5.74, 6) is 0.362. The second-order valence-corrected chi connectivity index (χ2v) is 7.81. The number of rotatable bonds is 3. The minimum absolute atomic E-state index is 0.0603. The van der Waals surface area contributed by atoms with Crippen molar-refractivity contribution >= 4 is 15.7 Å². The third-order valence-electron chi connectivity index (χ3n) is 4.57. The second-order valence-electron chi connectivity index (χ2n) is 5.84. The van der Waals surface area contributed by atoms with Gasteiger partial charge in [-0.1, -0.05) is 18.2 Å². The van der Waals surface area contributed by atoms with Crippen LogP contribution in [0.5, 0.6) is 0 Å². The molecule has 6 heteroatoms. The maximum absolute atomic E-state index is 12.5. The van der Waals surface area contributed by atoms with Crippen LogP contribution in [0, 0.1) is 11.8 Å². The molecule has 3 rings (SSSR count). The van der Waals surface area contributed by atoms with Crippen LogP contribution in [0.4, 0.5) is 5.69 Å². The van der Waals surface area contributed by atoms with Crippen molar-refractivity contribution in [3.05, 3.63) is 29.8 Å². The molecule has 110 valence electrons. The highest BCUT2D eigenvalue weighted by Crippen LogP contribution is 2.39. The summed E-state index contributed by atoms with van der Waals surface area (Å²) in [6, 6.07) is 7.05. The molecule has 0 spiro atoms. The number of aliphatic hydroxyl groups excluding tert-OH is 1. The highest BCUT2D eigenvalue weighted by Gasteiger charge is 2.45. The van der Waals surface area contributed by atoms with Crippen molar-refractivity contribution in [2.45, 2.75) is 24.7 Å². The summed E-state index contributed by atoms with van der Waals surface area (Å²) in [5, 5.41) is 9.88. The van der Waals surface area contributed by atoms with E-state index in [4.69, 9.17) is 5.73 Å². The molecule has 0 radical (unpaired) electrons. The van der Waals surface area contributed by atoms with E-state index in [1.807, 2.05) is 0 Å². The Balaban J connectivity index is 1.75. The van der Waals surface area contributed by atoms with Crippen LogP contribution in [-0.2, 0) is 15.8 Å². The molecule has 1 saturated heterocycles. The molecular weight excluding hydrogens is 276 g/mol. The Hall–Kier alpha value is -1.11. The van der Waals surface area contributed by atoms with Gasteiger partial charge >= 0.3 is 0 Å². The van der Waals surface area contributed by atoms with Crippen molar-refractivity contribution in [1.29, 1.82) is 0 Å². The van der Waals surface area contributed by atoms with Crippen molar-refractivity contribution < 1.29 is 13.5 Å². The van der Waals surface area contributed by atoms with E-state index in [1.54, 1.807) is 24.3 Å². The summed E-state index contributed by atoms with van der Waals surface area (Å²) in [5.41, 5.74) is 6.97. The van der Waals surface area contributed by atoms with Crippen LogP contribution in [0.3, 0.4) is 0 Å². The van der Waals surface area contributed by atoms with Gasteiger partial charge in [0.05, 0.1) is 11.9 Å². The highest BCUT2D eigenvalue weighted by atomic mass is 32.2. The quantitative estimate of drug-likeness (QED) is 0.808. The zero-order chi connectivity index (χ0) is 14.3. The number of sulfonamides is 1. The Morgan fingerprint density at radius 3 is 2.70 bits per heavy atom. The first-order valence-corrected chi connectivity index (χ1v) is 8.57. The topological polar surface area (TPSA) is 83.6 Å². The lowest BCUT2D eigenvalue weighted by molar-refractivity contribution is 0.129. The molecule has 1 saturated carbocycles. The number of fused-ring (bicyclic) bond motifs is 1. The molecule has 1 aliphatic carbocycles. The maximum Gasteiger partial charge on any atom is 0.218 e.